The van der Waals surface area contributed by atoms with E-state index in [0.717, 1.165) is 5.56 Å². The number of esters is 1. The van der Waals surface area contributed by atoms with E-state index in [9.17, 15) is 9.59 Å². The predicted molar refractivity (Wildman–Crippen MR) is 100.0 cm³/mol. The van der Waals surface area contributed by atoms with Crippen molar-refractivity contribution < 1.29 is 9.53 Å². The van der Waals surface area contributed by atoms with Gasteiger partial charge >= 0.3 is 5.97 Å². The van der Waals surface area contributed by atoms with Crippen molar-refractivity contribution in [2.24, 2.45) is 0 Å². The number of pyridine rings is 1. The van der Waals surface area contributed by atoms with Crippen LogP contribution in [0.4, 0.5) is 0 Å². The van der Waals surface area contributed by atoms with E-state index in [1.54, 1.807) is 23.6 Å². The Hall–Kier alpha value is -2.88. The number of aromatic nitrogens is 1. The van der Waals surface area contributed by atoms with Crippen LogP contribution in [0.3, 0.4) is 0 Å². The van der Waals surface area contributed by atoms with Crippen molar-refractivity contribution in [1.82, 2.24) is 4.57 Å². The van der Waals surface area contributed by atoms with Crippen LogP contribution in [-0.4, -0.2) is 17.1 Å². The van der Waals surface area contributed by atoms with Gasteiger partial charge < -0.3 is 9.30 Å². The minimum Gasteiger partial charge on any atom is -0.462 e. The fourth-order valence-electron chi connectivity index (χ4n) is 3.15. The summed E-state index contributed by atoms with van der Waals surface area (Å²) in [6.07, 6.45) is 0. The van der Waals surface area contributed by atoms with E-state index < -0.39 is 5.97 Å². The Kier molecular flexibility index (Phi) is 4.70. The molecule has 0 radical (unpaired) electrons. The van der Waals surface area contributed by atoms with E-state index in [1.807, 2.05) is 56.3 Å². The molecule has 0 unspecified atom stereocenters. The molecule has 4 heteroatoms. The largest absolute Gasteiger partial charge is 0.462 e. The zero-order chi connectivity index (χ0) is 18.0. The normalized spacial score (nSPS) is 11.0. The Balaban J connectivity index is 2.53. The maximum absolute atomic E-state index is 13.1. The van der Waals surface area contributed by atoms with Gasteiger partial charge in [0.05, 0.1) is 17.9 Å². The van der Waals surface area contributed by atoms with Crippen molar-refractivity contribution in [3.05, 3.63) is 70.5 Å². The number of benzene rings is 2. The van der Waals surface area contributed by atoms with Crippen LogP contribution in [0, 0.1) is 0 Å². The van der Waals surface area contributed by atoms with Gasteiger partial charge in [0.25, 0.3) is 5.56 Å². The summed E-state index contributed by atoms with van der Waals surface area (Å²) in [6.45, 7) is 5.94. The van der Waals surface area contributed by atoms with Gasteiger partial charge in [-0.25, -0.2) is 4.79 Å². The Morgan fingerprint density at radius 2 is 1.60 bits per heavy atom. The number of hydrogen-bond acceptors (Lipinski definition) is 3. The molecule has 0 saturated heterocycles. The average molecular weight is 335 g/mol. The van der Waals surface area contributed by atoms with Crippen molar-refractivity contribution >= 4 is 16.7 Å². The monoisotopic (exact) mass is 335 g/mol. The van der Waals surface area contributed by atoms with E-state index in [0.29, 0.717) is 22.0 Å². The minimum absolute atomic E-state index is 0.0968. The molecule has 3 aromatic rings. The molecule has 3 rings (SSSR count). The second-order valence-electron chi connectivity index (χ2n) is 6.12. The summed E-state index contributed by atoms with van der Waals surface area (Å²) < 4.78 is 7.00. The molecule has 0 atom stereocenters. The van der Waals surface area contributed by atoms with Crippen LogP contribution < -0.4 is 5.56 Å². The Morgan fingerprint density at radius 1 is 1.00 bits per heavy atom. The van der Waals surface area contributed by atoms with Crippen LogP contribution in [0.5, 0.6) is 0 Å². The van der Waals surface area contributed by atoms with Gasteiger partial charge in [-0.3, -0.25) is 4.79 Å². The highest BCUT2D eigenvalue weighted by atomic mass is 16.5. The van der Waals surface area contributed by atoms with Crippen molar-refractivity contribution in [3.8, 4) is 11.3 Å². The Bertz CT molecular complexity index is 972. The van der Waals surface area contributed by atoms with E-state index in [4.69, 9.17) is 4.74 Å². The van der Waals surface area contributed by atoms with Gasteiger partial charge in [-0.1, -0.05) is 48.5 Å². The molecule has 0 aliphatic carbocycles. The molecule has 0 bridgehead atoms. The highest BCUT2D eigenvalue weighted by Crippen LogP contribution is 2.31. The van der Waals surface area contributed by atoms with Crippen LogP contribution >= 0.6 is 0 Å². The minimum atomic E-state index is -0.410. The SMILES string of the molecule is CCOC(=O)c1c(-c2ccccc2)n(C(C)C)c(=O)c2ccccc12. The second-order valence-corrected chi connectivity index (χ2v) is 6.12. The standard InChI is InChI=1S/C21H21NO3/c1-4-25-21(24)18-16-12-8-9-13-17(16)20(23)22(14(2)3)19(18)15-10-6-5-7-11-15/h5-14H,4H2,1-3H3. The van der Waals surface area contributed by atoms with Crippen molar-refractivity contribution in [1.29, 1.82) is 0 Å². The number of carbonyl (C=O) groups excluding carboxylic acids is 1. The summed E-state index contributed by atoms with van der Waals surface area (Å²) in [7, 11) is 0. The summed E-state index contributed by atoms with van der Waals surface area (Å²) in [5, 5.41) is 1.15. The third-order valence-electron chi connectivity index (χ3n) is 4.17. The number of rotatable bonds is 4. The van der Waals surface area contributed by atoms with E-state index in [-0.39, 0.29) is 18.2 Å². The molecular formula is C21H21NO3. The van der Waals surface area contributed by atoms with Crippen molar-refractivity contribution in [2.75, 3.05) is 6.61 Å². The Morgan fingerprint density at radius 3 is 2.20 bits per heavy atom. The second kappa shape index (κ2) is 6.93. The van der Waals surface area contributed by atoms with E-state index in [2.05, 4.69) is 0 Å². The van der Waals surface area contributed by atoms with Crippen LogP contribution in [0.1, 0.15) is 37.2 Å². The van der Waals surface area contributed by atoms with Crippen molar-refractivity contribution in [2.45, 2.75) is 26.8 Å². The molecule has 128 valence electrons. The van der Waals surface area contributed by atoms with Gasteiger partial charge in [0, 0.05) is 16.8 Å². The maximum Gasteiger partial charge on any atom is 0.340 e. The molecule has 1 heterocycles. The lowest BCUT2D eigenvalue weighted by Gasteiger charge is -2.21. The van der Waals surface area contributed by atoms with Crippen LogP contribution in [0.2, 0.25) is 0 Å². The molecule has 0 N–H and O–H groups in total. The number of fused-ring (bicyclic) bond motifs is 1. The Labute approximate surface area is 146 Å². The van der Waals surface area contributed by atoms with Gasteiger partial charge in [0.15, 0.2) is 0 Å². The summed E-state index contributed by atoms with van der Waals surface area (Å²) in [6, 6.07) is 16.6. The highest BCUT2D eigenvalue weighted by Gasteiger charge is 2.24. The summed E-state index contributed by atoms with van der Waals surface area (Å²) in [4.78, 5) is 25.9. The lowest BCUT2D eigenvalue weighted by Crippen LogP contribution is -2.27. The van der Waals surface area contributed by atoms with E-state index >= 15 is 0 Å². The first kappa shape index (κ1) is 17.0. The lowest BCUT2D eigenvalue weighted by atomic mass is 9.98. The summed E-state index contributed by atoms with van der Waals surface area (Å²) in [5.74, 6) is -0.410. The molecule has 0 aliphatic heterocycles. The quantitative estimate of drug-likeness (QED) is 0.663. The molecule has 0 amide bonds. The van der Waals surface area contributed by atoms with Gasteiger partial charge in [-0.05, 0) is 32.4 Å². The summed E-state index contributed by atoms with van der Waals surface area (Å²) >= 11 is 0. The molecule has 0 spiro atoms. The highest BCUT2D eigenvalue weighted by molar-refractivity contribution is 6.09. The first-order valence-corrected chi connectivity index (χ1v) is 8.46. The third kappa shape index (κ3) is 2.95. The van der Waals surface area contributed by atoms with E-state index in [1.165, 1.54) is 0 Å². The predicted octanol–water partition coefficient (Wildman–Crippen LogP) is 4.43. The number of carbonyl (C=O) groups is 1. The third-order valence-corrected chi connectivity index (χ3v) is 4.17. The molecule has 0 saturated carbocycles. The zero-order valence-electron chi connectivity index (χ0n) is 14.7. The van der Waals surface area contributed by atoms with Crippen molar-refractivity contribution in [3.63, 3.8) is 0 Å². The molecule has 2 aromatic carbocycles. The first-order valence-electron chi connectivity index (χ1n) is 8.46. The van der Waals surface area contributed by atoms with Gasteiger partial charge in [0.2, 0.25) is 0 Å². The molecular weight excluding hydrogens is 314 g/mol. The maximum atomic E-state index is 13.1. The topological polar surface area (TPSA) is 48.3 Å². The lowest BCUT2D eigenvalue weighted by molar-refractivity contribution is 0.0528. The average Bonchev–Trinajstić information content (AvgIpc) is 2.62. The fourth-order valence-corrected chi connectivity index (χ4v) is 3.15. The molecule has 25 heavy (non-hydrogen) atoms. The number of ether oxygens (including phenoxy) is 1. The fraction of sp³-hybridized carbons (Fsp3) is 0.238. The molecule has 0 fully saturated rings. The van der Waals surface area contributed by atoms with Crippen LogP contribution in [-0.2, 0) is 4.74 Å². The van der Waals surface area contributed by atoms with Gasteiger partial charge in [-0.2, -0.15) is 0 Å². The number of hydrogen-bond donors (Lipinski definition) is 0. The van der Waals surface area contributed by atoms with Crippen LogP contribution in [0.25, 0.3) is 22.0 Å². The molecule has 1 aromatic heterocycles. The van der Waals surface area contributed by atoms with Gasteiger partial charge in [0.1, 0.15) is 0 Å². The molecule has 4 nitrogen and oxygen atoms in total. The van der Waals surface area contributed by atoms with Gasteiger partial charge in [-0.15, -0.1) is 0 Å². The smallest absolute Gasteiger partial charge is 0.340 e. The molecule has 0 aliphatic rings. The number of nitrogens with zero attached hydrogens (tertiary/aromatic N) is 1. The van der Waals surface area contributed by atoms with Crippen LogP contribution in [0.15, 0.2) is 59.4 Å². The first-order chi connectivity index (χ1) is 12.1. The zero-order valence-corrected chi connectivity index (χ0v) is 14.7. The summed E-state index contributed by atoms with van der Waals surface area (Å²) in [5.41, 5.74) is 1.77.